The zero-order chi connectivity index (χ0) is 27.2. The SMILES string of the molecule is Cc1ccc(S(=O)(=O)N(CC(=O)N(Cc2ccccc2F)[C@H](C)C(=O)NC(C)C)c2ccccc2)cc1. The van der Waals surface area contributed by atoms with Crippen LogP contribution < -0.4 is 9.62 Å². The molecule has 2 amide bonds. The van der Waals surface area contributed by atoms with Crippen LogP contribution in [0.25, 0.3) is 0 Å². The second-order valence-electron chi connectivity index (χ2n) is 9.11. The second-order valence-corrected chi connectivity index (χ2v) is 11.0. The molecule has 0 unspecified atom stereocenters. The van der Waals surface area contributed by atoms with Gasteiger partial charge in [0.25, 0.3) is 10.0 Å². The van der Waals surface area contributed by atoms with Crippen molar-refractivity contribution < 1.29 is 22.4 Å². The van der Waals surface area contributed by atoms with Crippen LogP contribution in [0.5, 0.6) is 0 Å². The molecule has 0 aliphatic carbocycles. The van der Waals surface area contributed by atoms with Crippen LogP contribution in [0, 0.1) is 12.7 Å². The van der Waals surface area contributed by atoms with Gasteiger partial charge in [-0.25, -0.2) is 12.8 Å². The van der Waals surface area contributed by atoms with Gasteiger partial charge in [-0.15, -0.1) is 0 Å². The maximum atomic E-state index is 14.5. The molecule has 0 saturated carbocycles. The van der Waals surface area contributed by atoms with Gasteiger partial charge < -0.3 is 10.2 Å². The third-order valence-corrected chi connectivity index (χ3v) is 7.62. The van der Waals surface area contributed by atoms with E-state index in [1.54, 1.807) is 62.4 Å². The summed E-state index contributed by atoms with van der Waals surface area (Å²) in [6.45, 7) is 6.19. The number of anilines is 1. The molecule has 196 valence electrons. The summed E-state index contributed by atoms with van der Waals surface area (Å²) < 4.78 is 42.9. The normalized spacial score (nSPS) is 12.2. The highest BCUT2D eigenvalue weighted by molar-refractivity contribution is 7.92. The lowest BCUT2D eigenvalue weighted by molar-refractivity contribution is -0.139. The summed E-state index contributed by atoms with van der Waals surface area (Å²) in [5.74, 6) is -1.59. The predicted molar refractivity (Wildman–Crippen MR) is 142 cm³/mol. The molecule has 3 aromatic rings. The van der Waals surface area contributed by atoms with Gasteiger partial charge >= 0.3 is 0 Å². The number of carbonyl (C=O) groups is 2. The highest BCUT2D eigenvalue weighted by Crippen LogP contribution is 2.25. The van der Waals surface area contributed by atoms with Crippen molar-refractivity contribution in [3.63, 3.8) is 0 Å². The molecule has 1 atom stereocenters. The third-order valence-electron chi connectivity index (χ3n) is 5.83. The van der Waals surface area contributed by atoms with Crippen molar-refractivity contribution in [2.75, 3.05) is 10.8 Å². The summed E-state index contributed by atoms with van der Waals surface area (Å²) in [5.41, 5.74) is 1.40. The molecule has 9 heteroatoms. The molecule has 0 aromatic heterocycles. The van der Waals surface area contributed by atoms with Gasteiger partial charge in [-0.1, -0.05) is 54.1 Å². The van der Waals surface area contributed by atoms with Crippen molar-refractivity contribution in [3.05, 3.63) is 95.8 Å². The third kappa shape index (κ3) is 6.95. The van der Waals surface area contributed by atoms with Gasteiger partial charge in [0.1, 0.15) is 18.4 Å². The zero-order valence-electron chi connectivity index (χ0n) is 21.4. The molecular weight excluding hydrogens is 493 g/mol. The van der Waals surface area contributed by atoms with E-state index in [4.69, 9.17) is 0 Å². The number of carbonyl (C=O) groups excluding carboxylic acids is 2. The number of amides is 2. The first-order chi connectivity index (χ1) is 17.5. The maximum absolute atomic E-state index is 14.5. The van der Waals surface area contributed by atoms with E-state index in [-0.39, 0.29) is 23.0 Å². The van der Waals surface area contributed by atoms with E-state index in [2.05, 4.69) is 5.32 Å². The van der Waals surface area contributed by atoms with Crippen molar-refractivity contribution in [2.24, 2.45) is 0 Å². The number of para-hydroxylation sites is 1. The average molecular weight is 526 g/mol. The van der Waals surface area contributed by atoms with Crippen LogP contribution in [-0.2, 0) is 26.2 Å². The lowest BCUT2D eigenvalue weighted by Crippen LogP contribution is -2.52. The molecule has 0 bridgehead atoms. The van der Waals surface area contributed by atoms with Crippen LogP contribution in [-0.4, -0.2) is 43.8 Å². The van der Waals surface area contributed by atoms with E-state index >= 15 is 0 Å². The van der Waals surface area contributed by atoms with Gasteiger partial charge in [0.05, 0.1) is 10.6 Å². The van der Waals surface area contributed by atoms with Gasteiger partial charge in [0.15, 0.2) is 0 Å². The van der Waals surface area contributed by atoms with E-state index in [1.165, 1.54) is 42.2 Å². The highest BCUT2D eigenvalue weighted by atomic mass is 32.2. The smallest absolute Gasteiger partial charge is 0.264 e. The van der Waals surface area contributed by atoms with E-state index in [9.17, 15) is 22.4 Å². The van der Waals surface area contributed by atoms with Crippen LogP contribution in [0.2, 0.25) is 0 Å². The number of nitrogens with zero attached hydrogens (tertiary/aromatic N) is 2. The first-order valence-corrected chi connectivity index (χ1v) is 13.4. The van der Waals surface area contributed by atoms with E-state index in [0.29, 0.717) is 5.69 Å². The van der Waals surface area contributed by atoms with Crippen LogP contribution in [0.3, 0.4) is 0 Å². The lowest BCUT2D eigenvalue weighted by Gasteiger charge is -2.32. The van der Waals surface area contributed by atoms with Crippen LogP contribution in [0.4, 0.5) is 10.1 Å². The van der Waals surface area contributed by atoms with E-state index in [1.807, 2.05) is 6.92 Å². The number of hydrogen-bond donors (Lipinski definition) is 1. The number of rotatable bonds is 10. The quantitative estimate of drug-likeness (QED) is 0.428. The van der Waals surface area contributed by atoms with Crippen LogP contribution in [0.1, 0.15) is 31.9 Å². The fourth-order valence-corrected chi connectivity index (χ4v) is 5.17. The Morgan fingerprint density at radius 2 is 1.49 bits per heavy atom. The summed E-state index contributed by atoms with van der Waals surface area (Å²) >= 11 is 0. The maximum Gasteiger partial charge on any atom is 0.264 e. The largest absolute Gasteiger partial charge is 0.352 e. The predicted octanol–water partition coefficient (Wildman–Crippen LogP) is 4.27. The summed E-state index contributed by atoms with van der Waals surface area (Å²) in [5, 5.41) is 2.77. The zero-order valence-corrected chi connectivity index (χ0v) is 22.2. The molecule has 0 saturated heterocycles. The Kier molecular flexibility index (Phi) is 9.04. The molecule has 0 aliphatic rings. The standard InChI is InChI=1S/C28H32FN3O4S/c1-20(2)30-28(34)22(4)31(18-23-10-8-9-13-26(23)29)27(33)19-32(24-11-6-5-7-12-24)37(35,36)25-16-14-21(3)15-17-25/h5-17,20,22H,18-19H2,1-4H3,(H,30,34)/t22-/m1/s1. The van der Waals surface area contributed by atoms with Gasteiger partial charge in [-0.2, -0.15) is 0 Å². The minimum absolute atomic E-state index is 0.0287. The Labute approximate surface area is 218 Å². The number of benzene rings is 3. The number of sulfonamides is 1. The van der Waals surface area contributed by atoms with E-state index < -0.39 is 40.2 Å². The summed E-state index contributed by atoms with van der Waals surface area (Å²) in [6, 6.07) is 19.4. The Balaban J connectivity index is 2.01. The average Bonchev–Trinajstić information content (AvgIpc) is 2.86. The van der Waals surface area contributed by atoms with Gasteiger partial charge in [0.2, 0.25) is 11.8 Å². The van der Waals surface area contributed by atoms with Crippen molar-refractivity contribution in [3.8, 4) is 0 Å². The molecule has 3 aromatic carbocycles. The molecule has 7 nitrogen and oxygen atoms in total. The fourth-order valence-electron chi connectivity index (χ4n) is 3.76. The summed E-state index contributed by atoms with van der Waals surface area (Å²) in [7, 11) is -4.13. The highest BCUT2D eigenvalue weighted by Gasteiger charge is 2.32. The number of hydrogen-bond acceptors (Lipinski definition) is 4. The molecule has 0 heterocycles. The Hall–Kier alpha value is -3.72. The Morgan fingerprint density at radius 1 is 0.892 bits per heavy atom. The summed E-state index contributed by atoms with van der Waals surface area (Å²) in [4.78, 5) is 27.8. The van der Waals surface area contributed by atoms with Gasteiger partial charge in [-0.05, 0) is 58.0 Å². The van der Waals surface area contributed by atoms with Gasteiger partial charge in [-0.3, -0.25) is 13.9 Å². The molecule has 3 rings (SSSR count). The minimum Gasteiger partial charge on any atom is -0.352 e. The van der Waals surface area contributed by atoms with Crippen LogP contribution >= 0.6 is 0 Å². The van der Waals surface area contributed by atoms with Crippen molar-refractivity contribution in [1.29, 1.82) is 0 Å². The first-order valence-electron chi connectivity index (χ1n) is 12.0. The molecule has 37 heavy (non-hydrogen) atoms. The molecule has 0 fully saturated rings. The minimum atomic E-state index is -4.13. The number of halogens is 1. The monoisotopic (exact) mass is 525 g/mol. The van der Waals surface area contributed by atoms with Crippen LogP contribution in [0.15, 0.2) is 83.8 Å². The second kappa shape index (κ2) is 12.0. The molecule has 1 N–H and O–H groups in total. The van der Waals surface area contributed by atoms with E-state index in [0.717, 1.165) is 9.87 Å². The molecule has 0 aliphatic heterocycles. The summed E-state index contributed by atoms with van der Waals surface area (Å²) in [6.07, 6.45) is 0. The van der Waals surface area contributed by atoms with Crippen molar-refractivity contribution >= 4 is 27.5 Å². The molecular formula is C28H32FN3O4S. The van der Waals surface area contributed by atoms with Gasteiger partial charge in [0, 0.05) is 18.2 Å². The number of aryl methyl sites for hydroxylation is 1. The molecule has 0 radical (unpaired) electrons. The topological polar surface area (TPSA) is 86.8 Å². The molecule has 0 spiro atoms. The Bertz CT molecular complexity index is 1330. The lowest BCUT2D eigenvalue weighted by atomic mass is 10.1. The fraction of sp³-hybridized carbons (Fsp3) is 0.286. The number of nitrogens with one attached hydrogen (secondary N) is 1. The first kappa shape index (κ1) is 27.9. The van der Waals surface area contributed by atoms with Crippen molar-refractivity contribution in [2.45, 2.75) is 51.2 Å². The Morgan fingerprint density at radius 3 is 2.08 bits per heavy atom. The van der Waals surface area contributed by atoms with Crippen molar-refractivity contribution in [1.82, 2.24) is 10.2 Å².